The van der Waals surface area contributed by atoms with Crippen LogP contribution in [0.3, 0.4) is 0 Å². The van der Waals surface area contributed by atoms with Gasteiger partial charge >= 0.3 is 5.97 Å². The summed E-state index contributed by atoms with van der Waals surface area (Å²) in [4.78, 5) is 34.8. The number of nitrogens with one attached hydrogen (secondary N) is 1. The molecule has 0 saturated heterocycles. The highest BCUT2D eigenvalue weighted by Crippen LogP contribution is 2.31. The van der Waals surface area contributed by atoms with Gasteiger partial charge in [0.05, 0.1) is 23.2 Å². The molecular formula is C26H29N5O3. The van der Waals surface area contributed by atoms with Gasteiger partial charge in [-0.3, -0.25) is 9.36 Å². The second-order valence-corrected chi connectivity index (χ2v) is 8.60. The molecule has 4 rings (SSSR count). The highest BCUT2D eigenvalue weighted by atomic mass is 16.5. The van der Waals surface area contributed by atoms with E-state index in [4.69, 9.17) is 20.4 Å². The van der Waals surface area contributed by atoms with Gasteiger partial charge in [-0.15, -0.1) is 0 Å². The van der Waals surface area contributed by atoms with E-state index in [-0.39, 0.29) is 17.7 Å². The summed E-state index contributed by atoms with van der Waals surface area (Å²) < 4.78 is 6.91. The number of carbonyl (C=O) groups is 2. The van der Waals surface area contributed by atoms with Gasteiger partial charge in [0.1, 0.15) is 16.9 Å². The van der Waals surface area contributed by atoms with Crippen LogP contribution in [0.1, 0.15) is 54.3 Å². The fourth-order valence-electron chi connectivity index (χ4n) is 3.73. The summed E-state index contributed by atoms with van der Waals surface area (Å²) in [6.45, 7) is 7.06. The van der Waals surface area contributed by atoms with Crippen molar-refractivity contribution < 1.29 is 14.3 Å². The van der Waals surface area contributed by atoms with Crippen molar-refractivity contribution in [1.29, 1.82) is 0 Å². The summed E-state index contributed by atoms with van der Waals surface area (Å²) in [7, 11) is 0. The molecule has 0 radical (unpaired) electrons. The van der Waals surface area contributed by atoms with Crippen LogP contribution in [0.25, 0.3) is 27.9 Å². The first-order valence-corrected chi connectivity index (χ1v) is 11.5. The number of rotatable bonds is 8. The van der Waals surface area contributed by atoms with Crippen LogP contribution < -0.4 is 11.1 Å². The van der Waals surface area contributed by atoms with Crippen LogP contribution in [0, 0.1) is 5.92 Å². The number of ether oxygens (including phenoxy) is 1. The summed E-state index contributed by atoms with van der Waals surface area (Å²) >= 11 is 0. The quantitative estimate of drug-likeness (QED) is 0.375. The smallest absolute Gasteiger partial charge is 0.338 e. The minimum absolute atomic E-state index is 0.244. The van der Waals surface area contributed by atoms with E-state index in [1.54, 1.807) is 28.8 Å². The predicted octanol–water partition coefficient (Wildman–Crippen LogP) is 4.50. The van der Waals surface area contributed by atoms with E-state index in [0.717, 1.165) is 12.8 Å². The fraction of sp³-hybridized carbons (Fsp3) is 0.308. The Kier molecular flexibility index (Phi) is 6.77. The van der Waals surface area contributed by atoms with E-state index < -0.39 is 0 Å². The van der Waals surface area contributed by atoms with E-state index in [1.807, 2.05) is 31.2 Å². The maximum Gasteiger partial charge on any atom is 0.338 e. The molecule has 0 saturated carbocycles. The first kappa shape index (κ1) is 23.2. The van der Waals surface area contributed by atoms with Gasteiger partial charge in [-0.1, -0.05) is 32.9 Å². The van der Waals surface area contributed by atoms with Crippen molar-refractivity contribution in [2.45, 2.75) is 33.6 Å². The zero-order valence-electron chi connectivity index (χ0n) is 19.7. The van der Waals surface area contributed by atoms with Gasteiger partial charge in [0.2, 0.25) is 0 Å². The van der Waals surface area contributed by atoms with Gasteiger partial charge in [-0.2, -0.15) is 0 Å². The predicted molar refractivity (Wildman–Crippen MR) is 133 cm³/mol. The maximum absolute atomic E-state index is 13.2. The van der Waals surface area contributed by atoms with Gasteiger partial charge in [-0.25, -0.2) is 14.8 Å². The number of amides is 1. The van der Waals surface area contributed by atoms with Crippen molar-refractivity contribution in [2.24, 2.45) is 5.92 Å². The highest BCUT2D eigenvalue weighted by molar-refractivity contribution is 6.11. The number of para-hydroxylation sites is 2. The molecule has 0 aliphatic heterocycles. The van der Waals surface area contributed by atoms with Gasteiger partial charge in [-0.05, 0) is 55.2 Å². The number of nitrogens with zero attached hydrogens (tertiary/aromatic N) is 3. The lowest BCUT2D eigenvalue weighted by Gasteiger charge is -2.10. The third kappa shape index (κ3) is 4.57. The number of fused-ring (bicyclic) bond motifs is 2. The monoisotopic (exact) mass is 459 g/mol. The Labute approximate surface area is 198 Å². The minimum atomic E-state index is -0.380. The number of anilines is 1. The molecule has 0 aliphatic carbocycles. The summed E-state index contributed by atoms with van der Waals surface area (Å²) in [5, 5.41) is 2.96. The van der Waals surface area contributed by atoms with Crippen LogP contribution >= 0.6 is 0 Å². The van der Waals surface area contributed by atoms with Crippen molar-refractivity contribution in [1.82, 2.24) is 19.9 Å². The van der Waals surface area contributed by atoms with Gasteiger partial charge in [0, 0.05) is 12.2 Å². The molecule has 2 aromatic heterocycles. The third-order valence-corrected chi connectivity index (χ3v) is 5.53. The van der Waals surface area contributed by atoms with E-state index in [0.29, 0.717) is 58.1 Å². The minimum Gasteiger partial charge on any atom is -0.462 e. The van der Waals surface area contributed by atoms with Crippen molar-refractivity contribution >= 4 is 39.9 Å². The van der Waals surface area contributed by atoms with Crippen LogP contribution in [0.15, 0.2) is 48.5 Å². The average Bonchev–Trinajstić information content (AvgIpc) is 3.11. The molecule has 0 atom stereocenters. The molecular weight excluding hydrogens is 430 g/mol. The topological polar surface area (TPSA) is 112 Å². The van der Waals surface area contributed by atoms with Crippen LogP contribution in [0.2, 0.25) is 0 Å². The molecule has 176 valence electrons. The Morgan fingerprint density at radius 2 is 1.74 bits per heavy atom. The second-order valence-electron chi connectivity index (χ2n) is 8.60. The van der Waals surface area contributed by atoms with E-state index in [2.05, 4.69) is 19.2 Å². The second kappa shape index (κ2) is 9.91. The van der Waals surface area contributed by atoms with Gasteiger partial charge in [0.25, 0.3) is 5.91 Å². The van der Waals surface area contributed by atoms with Gasteiger partial charge < -0.3 is 15.8 Å². The van der Waals surface area contributed by atoms with Crippen LogP contribution in [0.5, 0.6) is 0 Å². The largest absolute Gasteiger partial charge is 0.462 e. The molecule has 2 heterocycles. The molecule has 8 nitrogen and oxygen atoms in total. The number of carbonyl (C=O) groups excluding carboxylic acids is 2. The molecule has 0 spiro atoms. The first-order chi connectivity index (χ1) is 16.4. The zero-order valence-corrected chi connectivity index (χ0v) is 19.7. The lowest BCUT2D eigenvalue weighted by molar-refractivity contribution is 0.0505. The lowest BCUT2D eigenvalue weighted by Crippen LogP contribution is -2.26. The SMILES string of the molecule is CCCOC(=O)c1ccc(-n2c(N)c(C(=O)NCCC(C)C)c3nc4ccccc4nc32)cc1. The van der Waals surface area contributed by atoms with E-state index >= 15 is 0 Å². The normalized spacial score (nSPS) is 11.3. The summed E-state index contributed by atoms with van der Waals surface area (Å²) in [5.41, 5.74) is 10.2. The molecule has 34 heavy (non-hydrogen) atoms. The van der Waals surface area contributed by atoms with Crippen LogP contribution in [-0.2, 0) is 4.74 Å². The Morgan fingerprint density at radius 3 is 2.38 bits per heavy atom. The van der Waals surface area contributed by atoms with Gasteiger partial charge in [0.15, 0.2) is 5.65 Å². The third-order valence-electron chi connectivity index (χ3n) is 5.53. The molecule has 3 N–H and O–H groups in total. The number of esters is 1. The Balaban J connectivity index is 1.81. The zero-order chi connectivity index (χ0) is 24.2. The summed E-state index contributed by atoms with van der Waals surface area (Å²) in [6.07, 6.45) is 1.61. The van der Waals surface area contributed by atoms with Crippen LogP contribution in [-0.4, -0.2) is 39.6 Å². The maximum atomic E-state index is 13.2. The Morgan fingerprint density at radius 1 is 1.06 bits per heavy atom. The highest BCUT2D eigenvalue weighted by Gasteiger charge is 2.25. The molecule has 0 aliphatic rings. The average molecular weight is 460 g/mol. The van der Waals surface area contributed by atoms with Crippen LogP contribution in [0.4, 0.5) is 5.82 Å². The lowest BCUT2D eigenvalue weighted by atomic mass is 10.1. The number of benzene rings is 2. The fourth-order valence-corrected chi connectivity index (χ4v) is 3.73. The number of hydrogen-bond donors (Lipinski definition) is 2. The molecule has 2 aromatic carbocycles. The molecule has 0 unspecified atom stereocenters. The Hall–Kier alpha value is -3.94. The van der Waals surface area contributed by atoms with E-state index in [9.17, 15) is 9.59 Å². The molecule has 1 amide bonds. The Bertz CT molecular complexity index is 1340. The molecule has 0 fully saturated rings. The molecule has 0 bridgehead atoms. The summed E-state index contributed by atoms with van der Waals surface area (Å²) in [6, 6.07) is 14.4. The van der Waals surface area contributed by atoms with Crippen molar-refractivity contribution in [3.63, 3.8) is 0 Å². The first-order valence-electron chi connectivity index (χ1n) is 11.5. The number of nitrogens with two attached hydrogens (primary N) is 1. The van der Waals surface area contributed by atoms with Crippen molar-refractivity contribution in [2.75, 3.05) is 18.9 Å². The number of aromatic nitrogens is 3. The number of hydrogen-bond acceptors (Lipinski definition) is 6. The van der Waals surface area contributed by atoms with E-state index in [1.165, 1.54) is 0 Å². The summed E-state index contributed by atoms with van der Waals surface area (Å²) in [5.74, 6) is 0.0416. The number of nitrogen functional groups attached to an aromatic ring is 1. The standard InChI is InChI=1S/C26H29N5O3/c1-4-15-34-26(33)17-9-11-18(12-10-17)31-23(27)21(25(32)28-14-13-16(2)3)22-24(31)30-20-8-6-5-7-19(20)29-22/h5-12,16H,4,13-15,27H2,1-3H3,(H,28,32). The molecule has 8 heteroatoms. The molecule has 4 aromatic rings. The van der Waals surface area contributed by atoms with Crippen molar-refractivity contribution in [3.8, 4) is 5.69 Å². The van der Waals surface area contributed by atoms with Crippen molar-refractivity contribution in [3.05, 3.63) is 59.7 Å².